The number of amides is 2. The predicted molar refractivity (Wildman–Crippen MR) is 106 cm³/mol. The van der Waals surface area contributed by atoms with Gasteiger partial charge < -0.3 is 20.1 Å². The molecule has 1 fully saturated rings. The number of benzene rings is 2. The molecule has 0 bridgehead atoms. The maximum absolute atomic E-state index is 12.8. The standard InChI is InChI=1S/C22H24N2O4/c1-3-13-27-18-11-9-17(10-12-18)20-19(15(2)23-22(26)24-20)21(25)28-14-16-7-5-4-6-8-16/h4-12,19-20H,2-3,13-14H2,1H3,(H2,23,24,26)/t19-,20+/m1/s1. The number of hydrogen-bond acceptors (Lipinski definition) is 4. The van der Waals surface area contributed by atoms with Gasteiger partial charge in [0, 0.05) is 5.70 Å². The minimum atomic E-state index is -0.733. The molecule has 0 radical (unpaired) electrons. The monoisotopic (exact) mass is 380 g/mol. The molecule has 1 aliphatic rings. The topological polar surface area (TPSA) is 76.7 Å². The first-order valence-electron chi connectivity index (χ1n) is 9.28. The molecule has 2 amide bonds. The predicted octanol–water partition coefficient (Wildman–Crippen LogP) is 3.70. The third-order valence-corrected chi connectivity index (χ3v) is 4.46. The Morgan fingerprint density at radius 1 is 1.11 bits per heavy atom. The van der Waals surface area contributed by atoms with Crippen molar-refractivity contribution in [3.63, 3.8) is 0 Å². The maximum atomic E-state index is 12.8. The van der Waals surface area contributed by atoms with E-state index < -0.39 is 24.0 Å². The van der Waals surface area contributed by atoms with Crippen LogP contribution in [0, 0.1) is 5.92 Å². The smallest absolute Gasteiger partial charge is 0.319 e. The van der Waals surface area contributed by atoms with E-state index in [-0.39, 0.29) is 6.61 Å². The Morgan fingerprint density at radius 2 is 1.82 bits per heavy atom. The second-order valence-electron chi connectivity index (χ2n) is 6.59. The highest BCUT2D eigenvalue weighted by Gasteiger charge is 2.38. The summed E-state index contributed by atoms with van der Waals surface area (Å²) in [6.45, 7) is 6.69. The van der Waals surface area contributed by atoms with Crippen LogP contribution in [-0.4, -0.2) is 18.6 Å². The molecule has 0 saturated carbocycles. The Hall–Kier alpha value is -3.28. The summed E-state index contributed by atoms with van der Waals surface area (Å²) in [5.74, 6) is -0.436. The van der Waals surface area contributed by atoms with Crippen molar-refractivity contribution >= 4 is 12.0 Å². The van der Waals surface area contributed by atoms with E-state index in [1.54, 1.807) is 0 Å². The van der Waals surface area contributed by atoms with Crippen molar-refractivity contribution in [3.8, 4) is 5.75 Å². The minimum Gasteiger partial charge on any atom is -0.494 e. The van der Waals surface area contributed by atoms with Gasteiger partial charge in [0.2, 0.25) is 0 Å². The maximum Gasteiger partial charge on any atom is 0.319 e. The number of ether oxygens (including phenoxy) is 2. The number of carbonyl (C=O) groups excluding carboxylic acids is 2. The van der Waals surface area contributed by atoms with Crippen LogP contribution in [0.4, 0.5) is 4.79 Å². The molecule has 2 atom stereocenters. The first-order chi connectivity index (χ1) is 13.6. The molecule has 0 aliphatic carbocycles. The van der Waals surface area contributed by atoms with Crippen LogP contribution in [0.15, 0.2) is 66.9 Å². The van der Waals surface area contributed by atoms with Crippen LogP contribution in [0.1, 0.15) is 30.5 Å². The Labute approximate surface area is 164 Å². The summed E-state index contributed by atoms with van der Waals surface area (Å²) in [6.07, 6.45) is 0.918. The van der Waals surface area contributed by atoms with E-state index in [0.717, 1.165) is 23.3 Å². The highest BCUT2D eigenvalue weighted by atomic mass is 16.5. The molecule has 2 aromatic carbocycles. The number of urea groups is 1. The van der Waals surface area contributed by atoms with Gasteiger partial charge in [-0.25, -0.2) is 4.79 Å². The summed E-state index contributed by atoms with van der Waals surface area (Å²) in [5.41, 5.74) is 1.99. The van der Waals surface area contributed by atoms with E-state index in [9.17, 15) is 9.59 Å². The van der Waals surface area contributed by atoms with Crippen molar-refractivity contribution in [3.05, 3.63) is 78.0 Å². The lowest BCUT2D eigenvalue weighted by Gasteiger charge is -2.33. The number of nitrogens with one attached hydrogen (secondary N) is 2. The Balaban J connectivity index is 1.75. The van der Waals surface area contributed by atoms with E-state index >= 15 is 0 Å². The highest BCUT2D eigenvalue weighted by molar-refractivity contribution is 5.85. The zero-order valence-electron chi connectivity index (χ0n) is 15.8. The van der Waals surface area contributed by atoms with Crippen molar-refractivity contribution in [1.29, 1.82) is 0 Å². The quantitative estimate of drug-likeness (QED) is 0.718. The molecule has 2 aromatic rings. The molecule has 1 aliphatic heterocycles. The fourth-order valence-corrected chi connectivity index (χ4v) is 3.05. The fraction of sp³-hybridized carbons (Fsp3) is 0.273. The van der Waals surface area contributed by atoms with Crippen molar-refractivity contribution in [2.24, 2.45) is 5.92 Å². The molecule has 3 rings (SSSR count). The highest BCUT2D eigenvalue weighted by Crippen LogP contribution is 2.31. The zero-order valence-corrected chi connectivity index (χ0v) is 15.8. The van der Waals surface area contributed by atoms with Crippen LogP contribution in [0.3, 0.4) is 0 Å². The third kappa shape index (κ3) is 4.71. The normalized spacial score (nSPS) is 18.8. The van der Waals surface area contributed by atoms with Gasteiger partial charge in [0.05, 0.1) is 12.6 Å². The number of rotatable bonds is 7. The number of carbonyl (C=O) groups is 2. The minimum absolute atomic E-state index is 0.161. The molecule has 28 heavy (non-hydrogen) atoms. The number of esters is 1. The lowest BCUT2D eigenvalue weighted by Crippen LogP contribution is -2.51. The average Bonchev–Trinajstić information content (AvgIpc) is 2.71. The lowest BCUT2D eigenvalue weighted by molar-refractivity contribution is -0.149. The molecule has 0 unspecified atom stereocenters. The van der Waals surface area contributed by atoms with Crippen molar-refractivity contribution in [2.75, 3.05) is 6.61 Å². The lowest BCUT2D eigenvalue weighted by atomic mass is 9.89. The second-order valence-corrected chi connectivity index (χ2v) is 6.59. The van der Waals surface area contributed by atoms with Gasteiger partial charge in [-0.15, -0.1) is 0 Å². The van der Waals surface area contributed by atoms with Crippen molar-refractivity contribution < 1.29 is 19.1 Å². The van der Waals surface area contributed by atoms with Crippen LogP contribution < -0.4 is 15.4 Å². The van der Waals surface area contributed by atoms with Gasteiger partial charge in [-0.05, 0) is 29.7 Å². The first kappa shape index (κ1) is 19.5. The van der Waals surface area contributed by atoms with Gasteiger partial charge >= 0.3 is 12.0 Å². The summed E-state index contributed by atoms with van der Waals surface area (Å²) < 4.78 is 11.1. The van der Waals surface area contributed by atoms with Gasteiger partial charge in [-0.2, -0.15) is 0 Å². The van der Waals surface area contributed by atoms with Gasteiger partial charge in [0.25, 0.3) is 0 Å². The molecule has 0 spiro atoms. The molecule has 0 aromatic heterocycles. The Morgan fingerprint density at radius 3 is 2.50 bits per heavy atom. The van der Waals surface area contributed by atoms with Crippen LogP contribution in [-0.2, 0) is 16.1 Å². The van der Waals surface area contributed by atoms with E-state index in [2.05, 4.69) is 17.2 Å². The average molecular weight is 380 g/mol. The van der Waals surface area contributed by atoms with E-state index in [1.807, 2.05) is 61.5 Å². The van der Waals surface area contributed by atoms with Crippen LogP contribution in [0.25, 0.3) is 0 Å². The third-order valence-electron chi connectivity index (χ3n) is 4.46. The molecular weight excluding hydrogens is 356 g/mol. The largest absolute Gasteiger partial charge is 0.494 e. The SMILES string of the molecule is C=C1NC(=O)N[C@@H](c2ccc(OCCC)cc2)[C@@H]1C(=O)OCc1ccccc1. The summed E-state index contributed by atoms with van der Waals surface area (Å²) in [7, 11) is 0. The number of hydrogen-bond donors (Lipinski definition) is 2. The Bertz CT molecular complexity index is 833. The van der Waals surface area contributed by atoms with Crippen LogP contribution in [0.5, 0.6) is 5.75 Å². The van der Waals surface area contributed by atoms with Crippen LogP contribution in [0.2, 0.25) is 0 Å². The summed E-state index contributed by atoms with van der Waals surface area (Å²) in [6, 6.07) is 15.8. The summed E-state index contributed by atoms with van der Waals surface area (Å²) in [4.78, 5) is 24.7. The molecule has 6 heteroatoms. The molecule has 6 nitrogen and oxygen atoms in total. The molecule has 1 saturated heterocycles. The summed E-state index contributed by atoms with van der Waals surface area (Å²) >= 11 is 0. The van der Waals surface area contributed by atoms with Crippen molar-refractivity contribution in [1.82, 2.24) is 10.6 Å². The van der Waals surface area contributed by atoms with Gasteiger partial charge in [-0.1, -0.05) is 56.0 Å². The van der Waals surface area contributed by atoms with Gasteiger partial charge in [0.15, 0.2) is 0 Å². The Kier molecular flexibility index (Phi) is 6.32. The van der Waals surface area contributed by atoms with Gasteiger partial charge in [0.1, 0.15) is 18.3 Å². The van der Waals surface area contributed by atoms with Gasteiger partial charge in [-0.3, -0.25) is 4.79 Å². The summed E-state index contributed by atoms with van der Waals surface area (Å²) in [5, 5.41) is 5.38. The van der Waals surface area contributed by atoms with Crippen LogP contribution >= 0.6 is 0 Å². The fourth-order valence-electron chi connectivity index (χ4n) is 3.05. The van der Waals surface area contributed by atoms with E-state index in [0.29, 0.717) is 12.3 Å². The van der Waals surface area contributed by atoms with Crippen molar-refractivity contribution in [2.45, 2.75) is 26.0 Å². The molecular formula is C22H24N2O4. The molecule has 146 valence electrons. The first-order valence-corrected chi connectivity index (χ1v) is 9.28. The second kappa shape index (κ2) is 9.08. The van der Waals surface area contributed by atoms with E-state index in [1.165, 1.54) is 0 Å². The van der Waals surface area contributed by atoms with E-state index in [4.69, 9.17) is 9.47 Å². The molecule has 2 N–H and O–H groups in total. The molecule has 1 heterocycles. The zero-order chi connectivity index (χ0) is 19.9.